The fourth-order valence-corrected chi connectivity index (χ4v) is 3.30. The van der Waals surface area contributed by atoms with Crippen LogP contribution < -0.4 is 0 Å². The number of aromatic nitrogens is 3. The minimum absolute atomic E-state index is 0.253. The smallest absolute Gasteiger partial charge is 0.340 e. The van der Waals surface area contributed by atoms with Crippen LogP contribution in [0, 0.1) is 20.8 Å². The van der Waals surface area contributed by atoms with E-state index < -0.39 is 12.1 Å². The average molecular weight is 405 g/mol. The van der Waals surface area contributed by atoms with Crippen LogP contribution in [-0.4, -0.2) is 20.7 Å². The minimum atomic E-state index is -0.669. The van der Waals surface area contributed by atoms with Crippen molar-refractivity contribution in [2.45, 2.75) is 40.3 Å². The van der Waals surface area contributed by atoms with Gasteiger partial charge in [-0.25, -0.2) is 4.79 Å². The molecule has 3 heterocycles. The summed E-state index contributed by atoms with van der Waals surface area (Å²) >= 11 is 0. The molecule has 0 aliphatic carbocycles. The third-order valence-corrected chi connectivity index (χ3v) is 5.06. The van der Waals surface area contributed by atoms with Gasteiger partial charge in [-0.05, 0) is 58.0 Å². The highest BCUT2D eigenvalue weighted by molar-refractivity contribution is 5.91. The molecule has 0 fully saturated rings. The van der Waals surface area contributed by atoms with Crippen LogP contribution in [-0.2, 0) is 11.3 Å². The molecular formula is C23H23N3O4. The maximum absolute atomic E-state index is 12.8. The van der Waals surface area contributed by atoms with Crippen molar-refractivity contribution in [1.82, 2.24) is 14.8 Å². The van der Waals surface area contributed by atoms with Crippen LogP contribution in [0.25, 0.3) is 11.5 Å². The van der Waals surface area contributed by atoms with E-state index in [4.69, 9.17) is 13.6 Å². The van der Waals surface area contributed by atoms with Gasteiger partial charge in [0, 0.05) is 17.0 Å². The van der Waals surface area contributed by atoms with Crippen molar-refractivity contribution in [3.63, 3.8) is 0 Å². The number of aryl methyl sites for hydroxylation is 2. The molecular weight excluding hydrogens is 382 g/mol. The Morgan fingerprint density at radius 3 is 2.60 bits per heavy atom. The first-order valence-corrected chi connectivity index (χ1v) is 9.73. The molecule has 0 aliphatic rings. The zero-order valence-electron chi connectivity index (χ0n) is 17.4. The first-order chi connectivity index (χ1) is 14.4. The Morgan fingerprint density at radius 1 is 1.13 bits per heavy atom. The monoisotopic (exact) mass is 405 g/mol. The number of nitrogens with zero attached hydrogens (tertiary/aromatic N) is 3. The van der Waals surface area contributed by atoms with Gasteiger partial charge in [0.25, 0.3) is 5.89 Å². The summed E-state index contributed by atoms with van der Waals surface area (Å²) in [6.07, 6.45) is 0.965. The molecule has 0 radical (unpaired) electrons. The number of hydrogen-bond acceptors (Lipinski definition) is 6. The summed E-state index contributed by atoms with van der Waals surface area (Å²) in [5.41, 5.74) is 4.23. The lowest BCUT2D eigenvalue weighted by Crippen LogP contribution is -2.11. The van der Waals surface area contributed by atoms with Gasteiger partial charge < -0.3 is 18.1 Å². The molecule has 7 nitrogen and oxygen atoms in total. The number of ether oxygens (including phenoxy) is 1. The molecule has 4 aromatic rings. The molecule has 154 valence electrons. The second kappa shape index (κ2) is 8.02. The predicted octanol–water partition coefficient (Wildman–Crippen LogP) is 5.02. The molecule has 7 heteroatoms. The Morgan fingerprint density at radius 2 is 1.90 bits per heavy atom. The van der Waals surface area contributed by atoms with Gasteiger partial charge in [0.2, 0.25) is 5.89 Å². The number of carbonyl (C=O) groups excluding carboxylic acids is 1. The lowest BCUT2D eigenvalue weighted by molar-refractivity contribution is 0.0279. The molecule has 0 amide bonds. The summed E-state index contributed by atoms with van der Waals surface area (Å²) in [5, 5.41) is 8.12. The highest BCUT2D eigenvalue weighted by Crippen LogP contribution is 2.25. The number of hydrogen-bond donors (Lipinski definition) is 0. The van der Waals surface area contributed by atoms with Crippen molar-refractivity contribution in [3.8, 4) is 11.5 Å². The largest absolute Gasteiger partial charge is 0.467 e. The van der Waals surface area contributed by atoms with Gasteiger partial charge in [-0.15, -0.1) is 10.2 Å². The van der Waals surface area contributed by atoms with Crippen LogP contribution in [0.3, 0.4) is 0 Å². The fourth-order valence-electron chi connectivity index (χ4n) is 3.30. The second-order valence-corrected chi connectivity index (χ2v) is 7.31. The van der Waals surface area contributed by atoms with Gasteiger partial charge >= 0.3 is 5.97 Å². The van der Waals surface area contributed by atoms with E-state index in [0.717, 1.165) is 28.3 Å². The summed E-state index contributed by atoms with van der Waals surface area (Å²) in [5.74, 6) is 1.03. The minimum Gasteiger partial charge on any atom is -0.467 e. The predicted molar refractivity (Wildman–Crippen MR) is 110 cm³/mol. The summed E-state index contributed by atoms with van der Waals surface area (Å²) in [6.45, 7) is 8.11. The second-order valence-electron chi connectivity index (χ2n) is 7.31. The van der Waals surface area contributed by atoms with E-state index in [1.54, 1.807) is 13.2 Å². The van der Waals surface area contributed by atoms with E-state index in [9.17, 15) is 4.79 Å². The molecule has 0 saturated heterocycles. The SMILES string of the molecule is Cc1ccc(-c2nnc([C@H](C)OC(=O)c3cc(C)n(Cc4ccco4)c3C)o2)cc1. The van der Waals surface area contributed by atoms with Crippen molar-refractivity contribution in [3.05, 3.63) is 82.9 Å². The van der Waals surface area contributed by atoms with E-state index in [1.165, 1.54) is 0 Å². The van der Waals surface area contributed by atoms with E-state index in [0.29, 0.717) is 18.0 Å². The molecule has 1 atom stereocenters. The van der Waals surface area contributed by atoms with Gasteiger partial charge in [-0.1, -0.05) is 17.7 Å². The lowest BCUT2D eigenvalue weighted by atomic mass is 10.1. The standard InChI is InChI=1S/C23H23N3O4/c1-14-7-9-18(10-8-14)22-25-24-21(30-22)17(4)29-23(27)20-12-15(2)26(16(20)3)13-19-6-5-11-28-19/h5-12,17H,13H2,1-4H3/t17-/m0/s1. The fraction of sp³-hybridized carbons (Fsp3) is 0.261. The molecule has 0 unspecified atom stereocenters. The van der Waals surface area contributed by atoms with E-state index in [2.05, 4.69) is 10.2 Å². The average Bonchev–Trinajstić information content (AvgIpc) is 3.46. The van der Waals surface area contributed by atoms with Crippen LogP contribution in [0.15, 0.2) is 57.6 Å². The maximum Gasteiger partial charge on any atom is 0.340 e. The van der Waals surface area contributed by atoms with Gasteiger partial charge in [0.05, 0.1) is 18.4 Å². The van der Waals surface area contributed by atoms with E-state index >= 15 is 0 Å². The molecule has 0 aliphatic heterocycles. The Balaban J connectivity index is 1.48. The summed E-state index contributed by atoms with van der Waals surface area (Å²) in [4.78, 5) is 12.8. The van der Waals surface area contributed by atoms with Crippen LogP contribution in [0.1, 0.15) is 52.0 Å². The highest BCUT2D eigenvalue weighted by atomic mass is 16.6. The third-order valence-electron chi connectivity index (χ3n) is 5.06. The zero-order valence-corrected chi connectivity index (χ0v) is 17.4. The Kier molecular flexibility index (Phi) is 5.27. The summed E-state index contributed by atoms with van der Waals surface area (Å²) < 4.78 is 18.8. The lowest BCUT2D eigenvalue weighted by Gasteiger charge is -2.10. The quantitative estimate of drug-likeness (QED) is 0.419. The van der Waals surface area contributed by atoms with Crippen molar-refractivity contribution in [1.29, 1.82) is 0 Å². The summed E-state index contributed by atoms with van der Waals surface area (Å²) in [7, 11) is 0. The van der Waals surface area contributed by atoms with Crippen molar-refractivity contribution in [2.24, 2.45) is 0 Å². The highest BCUT2D eigenvalue weighted by Gasteiger charge is 2.23. The van der Waals surface area contributed by atoms with Crippen molar-refractivity contribution < 1.29 is 18.4 Å². The zero-order chi connectivity index (χ0) is 21.3. The topological polar surface area (TPSA) is 83.3 Å². The van der Waals surface area contributed by atoms with E-state index in [1.807, 2.05) is 67.8 Å². The number of benzene rings is 1. The third kappa shape index (κ3) is 3.91. The molecule has 3 aromatic heterocycles. The Labute approximate surface area is 174 Å². The maximum atomic E-state index is 12.8. The number of esters is 1. The molecule has 0 saturated carbocycles. The Bertz CT molecular complexity index is 1150. The van der Waals surface area contributed by atoms with E-state index in [-0.39, 0.29) is 5.89 Å². The molecule has 4 rings (SSSR count). The first kappa shape index (κ1) is 19.7. The normalized spacial score (nSPS) is 12.1. The van der Waals surface area contributed by atoms with Crippen LogP contribution >= 0.6 is 0 Å². The van der Waals surface area contributed by atoms with Crippen molar-refractivity contribution >= 4 is 5.97 Å². The molecule has 0 N–H and O–H groups in total. The summed E-state index contributed by atoms with van der Waals surface area (Å²) in [6, 6.07) is 13.3. The number of rotatable bonds is 6. The van der Waals surface area contributed by atoms with Crippen LogP contribution in [0.5, 0.6) is 0 Å². The number of furan rings is 1. The van der Waals surface area contributed by atoms with Crippen LogP contribution in [0.2, 0.25) is 0 Å². The molecule has 0 bridgehead atoms. The molecule has 1 aromatic carbocycles. The number of carbonyl (C=O) groups is 1. The van der Waals surface area contributed by atoms with Gasteiger partial charge in [-0.3, -0.25) is 0 Å². The molecule has 30 heavy (non-hydrogen) atoms. The van der Waals surface area contributed by atoms with Crippen LogP contribution in [0.4, 0.5) is 0 Å². The first-order valence-electron chi connectivity index (χ1n) is 9.73. The molecule has 0 spiro atoms. The van der Waals surface area contributed by atoms with Crippen molar-refractivity contribution in [2.75, 3.05) is 0 Å². The Hall–Kier alpha value is -3.61. The van der Waals surface area contributed by atoms with Gasteiger partial charge in [-0.2, -0.15) is 0 Å². The van der Waals surface area contributed by atoms with Gasteiger partial charge in [0.15, 0.2) is 6.10 Å². The van der Waals surface area contributed by atoms with Gasteiger partial charge in [0.1, 0.15) is 5.76 Å².